The second kappa shape index (κ2) is 9.61. The highest BCUT2D eigenvalue weighted by Crippen LogP contribution is 2.09. The topological polar surface area (TPSA) is 84.5 Å². The first kappa shape index (κ1) is 16.8. The quantitative estimate of drug-likeness (QED) is 0.325. The molecule has 0 spiro atoms. The normalized spacial score (nSPS) is 11.5. The number of nitrogens with one attached hydrogen (secondary N) is 1. The number of hydrogen-bond acceptors (Lipinski definition) is 6. The van der Waals surface area contributed by atoms with Gasteiger partial charge >= 0.3 is 5.97 Å². The molecule has 0 aromatic carbocycles. The number of rotatable bonds is 9. The smallest absolute Gasteiger partial charge is 0.350 e. The van der Waals surface area contributed by atoms with Gasteiger partial charge in [-0.1, -0.05) is 6.92 Å². The van der Waals surface area contributed by atoms with Gasteiger partial charge in [0.05, 0.1) is 19.1 Å². The Balaban J connectivity index is 2.62. The summed E-state index contributed by atoms with van der Waals surface area (Å²) in [7, 11) is 0. The van der Waals surface area contributed by atoms with Gasteiger partial charge in [0.25, 0.3) is 0 Å². The summed E-state index contributed by atoms with van der Waals surface area (Å²) in [6, 6.07) is 3.71. The van der Waals surface area contributed by atoms with Crippen molar-refractivity contribution in [3.05, 3.63) is 35.4 Å². The molecule has 21 heavy (non-hydrogen) atoms. The molecule has 0 bridgehead atoms. The van der Waals surface area contributed by atoms with Crippen LogP contribution in [-0.2, 0) is 20.8 Å². The third-order valence-electron chi connectivity index (χ3n) is 2.72. The first-order valence-electron chi connectivity index (χ1n) is 6.85. The van der Waals surface area contributed by atoms with Crippen molar-refractivity contribution in [3.8, 4) is 6.07 Å². The Morgan fingerprint density at radius 3 is 2.81 bits per heavy atom. The van der Waals surface area contributed by atoms with Gasteiger partial charge < -0.3 is 19.2 Å². The van der Waals surface area contributed by atoms with Crippen LogP contribution < -0.4 is 5.32 Å². The lowest BCUT2D eigenvalue weighted by atomic mass is 10.1. The van der Waals surface area contributed by atoms with Crippen LogP contribution in [0.3, 0.4) is 0 Å². The van der Waals surface area contributed by atoms with E-state index in [1.807, 2.05) is 26.0 Å². The number of nitrogens with zero attached hydrogens (tertiary/aromatic N) is 1. The molecule has 6 heteroatoms. The molecule has 0 fully saturated rings. The fraction of sp³-hybridized carbons (Fsp3) is 0.467. The molecule has 0 aliphatic rings. The maximum absolute atomic E-state index is 11.9. The Labute approximate surface area is 124 Å². The molecule has 0 amide bonds. The molecule has 0 radical (unpaired) electrons. The number of carbonyl (C=O) groups is 1. The van der Waals surface area contributed by atoms with Crippen molar-refractivity contribution < 1.29 is 18.7 Å². The zero-order valence-corrected chi connectivity index (χ0v) is 12.3. The minimum Gasteiger partial charge on any atom is -0.472 e. The van der Waals surface area contributed by atoms with E-state index < -0.39 is 5.97 Å². The molecule has 0 unspecified atom stereocenters. The van der Waals surface area contributed by atoms with Crippen molar-refractivity contribution >= 4 is 5.97 Å². The van der Waals surface area contributed by atoms with Crippen molar-refractivity contribution in [1.82, 2.24) is 5.32 Å². The van der Waals surface area contributed by atoms with Gasteiger partial charge in [0.1, 0.15) is 12.7 Å². The van der Waals surface area contributed by atoms with Crippen molar-refractivity contribution in [2.75, 3.05) is 19.8 Å². The fourth-order valence-corrected chi connectivity index (χ4v) is 1.64. The molecule has 0 aliphatic heterocycles. The van der Waals surface area contributed by atoms with Crippen molar-refractivity contribution in [2.24, 2.45) is 0 Å². The van der Waals surface area contributed by atoms with Gasteiger partial charge in [-0.25, -0.2) is 4.79 Å². The lowest BCUT2D eigenvalue weighted by Crippen LogP contribution is -2.20. The molecule has 0 saturated heterocycles. The summed E-state index contributed by atoms with van der Waals surface area (Å²) in [5.41, 5.74) is 1.49. The van der Waals surface area contributed by atoms with Gasteiger partial charge in [0, 0.05) is 24.4 Å². The number of ether oxygens (including phenoxy) is 2. The molecule has 1 rings (SSSR count). The van der Waals surface area contributed by atoms with Crippen LogP contribution in [0.2, 0.25) is 0 Å². The highest BCUT2D eigenvalue weighted by molar-refractivity contribution is 5.93. The van der Waals surface area contributed by atoms with E-state index in [1.165, 1.54) is 0 Å². The molecule has 0 atom stereocenters. The summed E-state index contributed by atoms with van der Waals surface area (Å²) in [5.74, 6) is -0.631. The van der Waals surface area contributed by atoms with Crippen LogP contribution in [0.15, 0.2) is 34.3 Å². The van der Waals surface area contributed by atoms with Gasteiger partial charge in [-0.2, -0.15) is 5.26 Å². The molecule has 1 aromatic heterocycles. The van der Waals surface area contributed by atoms with Crippen LogP contribution in [0.4, 0.5) is 0 Å². The largest absolute Gasteiger partial charge is 0.472 e. The predicted molar refractivity (Wildman–Crippen MR) is 75.9 cm³/mol. The van der Waals surface area contributed by atoms with Gasteiger partial charge in [-0.3, -0.25) is 0 Å². The lowest BCUT2D eigenvalue weighted by molar-refractivity contribution is -0.140. The minimum atomic E-state index is -0.631. The van der Waals surface area contributed by atoms with Gasteiger partial charge in [-0.05, 0) is 19.4 Å². The molecule has 0 aliphatic carbocycles. The van der Waals surface area contributed by atoms with E-state index >= 15 is 0 Å². The van der Waals surface area contributed by atoms with E-state index in [1.54, 1.807) is 12.5 Å². The zero-order valence-electron chi connectivity index (χ0n) is 12.3. The fourth-order valence-electron chi connectivity index (χ4n) is 1.64. The molecule has 6 nitrogen and oxygen atoms in total. The zero-order chi connectivity index (χ0) is 15.5. The van der Waals surface area contributed by atoms with Gasteiger partial charge in [-0.15, -0.1) is 0 Å². The average molecular weight is 292 g/mol. The maximum Gasteiger partial charge on any atom is 0.350 e. The molecule has 114 valence electrons. The highest BCUT2D eigenvalue weighted by Gasteiger charge is 2.16. The Morgan fingerprint density at radius 2 is 2.24 bits per heavy atom. The monoisotopic (exact) mass is 292 g/mol. The molecular weight excluding hydrogens is 272 g/mol. The highest BCUT2D eigenvalue weighted by atomic mass is 16.6. The van der Waals surface area contributed by atoms with Crippen LogP contribution >= 0.6 is 0 Å². The standard InChI is InChI=1S/C15H20N2O4/c1-3-14(17-10-12-5-6-20-11-12)13(9-16)15(18)21-8-7-19-4-2/h5-6,11,17H,3-4,7-8,10H2,1-2H3/b14-13+. The molecule has 1 aromatic rings. The molecule has 0 saturated carbocycles. The number of nitriles is 1. The number of hydrogen-bond donors (Lipinski definition) is 1. The summed E-state index contributed by atoms with van der Waals surface area (Å²) in [6.07, 6.45) is 3.70. The lowest BCUT2D eigenvalue weighted by Gasteiger charge is -2.11. The van der Waals surface area contributed by atoms with Crippen molar-refractivity contribution in [1.29, 1.82) is 5.26 Å². The summed E-state index contributed by atoms with van der Waals surface area (Å²) >= 11 is 0. The number of furan rings is 1. The SMILES string of the molecule is CCOCCOC(=O)/C(C#N)=C(\CC)NCc1ccoc1. The average Bonchev–Trinajstić information content (AvgIpc) is 3.01. The first-order valence-corrected chi connectivity index (χ1v) is 6.85. The number of esters is 1. The maximum atomic E-state index is 11.9. The Morgan fingerprint density at radius 1 is 1.43 bits per heavy atom. The van der Waals surface area contributed by atoms with E-state index in [-0.39, 0.29) is 12.2 Å². The van der Waals surface area contributed by atoms with E-state index in [9.17, 15) is 4.79 Å². The Bertz CT molecular complexity index is 500. The van der Waals surface area contributed by atoms with Crippen LogP contribution in [0.5, 0.6) is 0 Å². The van der Waals surface area contributed by atoms with Crippen LogP contribution in [0.25, 0.3) is 0 Å². The number of allylic oxidation sites excluding steroid dienone is 1. The first-order chi connectivity index (χ1) is 10.2. The van der Waals surface area contributed by atoms with Gasteiger partial charge in [0.2, 0.25) is 0 Å². The minimum absolute atomic E-state index is 0.00232. The molecule has 1 N–H and O–H groups in total. The molecule has 1 heterocycles. The van der Waals surface area contributed by atoms with E-state index in [4.69, 9.17) is 19.2 Å². The summed E-state index contributed by atoms with van der Waals surface area (Å²) in [5, 5.41) is 12.2. The van der Waals surface area contributed by atoms with E-state index in [0.717, 1.165) is 5.56 Å². The number of carbonyl (C=O) groups excluding carboxylic acids is 1. The molecular formula is C15H20N2O4. The Hall–Kier alpha value is -2.26. The second-order valence-electron chi connectivity index (χ2n) is 4.14. The van der Waals surface area contributed by atoms with E-state index in [0.29, 0.717) is 31.9 Å². The van der Waals surface area contributed by atoms with Crippen molar-refractivity contribution in [3.63, 3.8) is 0 Å². The van der Waals surface area contributed by atoms with E-state index in [2.05, 4.69) is 5.32 Å². The van der Waals surface area contributed by atoms with Crippen LogP contribution in [0, 0.1) is 11.3 Å². The second-order valence-corrected chi connectivity index (χ2v) is 4.14. The Kier molecular flexibility index (Phi) is 7.69. The summed E-state index contributed by atoms with van der Waals surface area (Å²) < 4.78 is 15.1. The third kappa shape index (κ3) is 5.71. The van der Waals surface area contributed by atoms with Crippen LogP contribution in [-0.4, -0.2) is 25.8 Å². The van der Waals surface area contributed by atoms with Crippen molar-refractivity contribution in [2.45, 2.75) is 26.8 Å². The van der Waals surface area contributed by atoms with Gasteiger partial charge in [0.15, 0.2) is 5.57 Å². The summed E-state index contributed by atoms with van der Waals surface area (Å²) in [6.45, 7) is 5.23. The third-order valence-corrected chi connectivity index (χ3v) is 2.72. The summed E-state index contributed by atoms with van der Waals surface area (Å²) in [4.78, 5) is 11.9. The van der Waals surface area contributed by atoms with Crippen LogP contribution in [0.1, 0.15) is 25.8 Å². The predicted octanol–water partition coefficient (Wildman–Crippen LogP) is 2.14.